The third-order valence-electron chi connectivity index (χ3n) is 2.82. The molecule has 0 spiro atoms. The van der Waals surface area contributed by atoms with Gasteiger partial charge >= 0.3 is 0 Å². The summed E-state index contributed by atoms with van der Waals surface area (Å²) in [5, 5.41) is 0. The van der Waals surface area contributed by atoms with Crippen LogP contribution in [-0.4, -0.2) is 10.5 Å². The Morgan fingerprint density at radius 2 is 1.78 bits per heavy atom. The summed E-state index contributed by atoms with van der Waals surface area (Å²) in [6.45, 7) is 2.08. The number of rotatable bonds is 4. The Labute approximate surface area is 116 Å². The van der Waals surface area contributed by atoms with Crippen LogP contribution in [0.1, 0.15) is 18.1 Å². The molecule has 2 aromatic rings. The standard InChI is InChI=1S/C15H17BrN2/c1-15(17,8-12-5-3-2-4-6-12)9-13-7-14(16)11-18-10-13/h2-7,10-11H,8-9,17H2,1H3. The lowest BCUT2D eigenvalue weighted by Crippen LogP contribution is -2.40. The van der Waals surface area contributed by atoms with Gasteiger partial charge < -0.3 is 5.73 Å². The number of benzene rings is 1. The Morgan fingerprint density at radius 3 is 2.44 bits per heavy atom. The maximum Gasteiger partial charge on any atom is 0.0410 e. The molecule has 2 rings (SSSR count). The number of nitrogens with two attached hydrogens (primary N) is 1. The van der Waals surface area contributed by atoms with Crippen molar-refractivity contribution in [2.45, 2.75) is 25.3 Å². The zero-order chi connectivity index (χ0) is 13.0. The minimum absolute atomic E-state index is 0.260. The van der Waals surface area contributed by atoms with Crippen LogP contribution in [0.3, 0.4) is 0 Å². The topological polar surface area (TPSA) is 38.9 Å². The second kappa shape index (κ2) is 5.63. The molecule has 1 aromatic heterocycles. The zero-order valence-electron chi connectivity index (χ0n) is 10.4. The summed E-state index contributed by atoms with van der Waals surface area (Å²) in [6.07, 6.45) is 5.34. The molecule has 0 aliphatic heterocycles. The molecule has 1 atom stereocenters. The van der Waals surface area contributed by atoms with E-state index < -0.39 is 0 Å². The van der Waals surface area contributed by atoms with Crippen LogP contribution >= 0.6 is 15.9 Å². The summed E-state index contributed by atoms with van der Waals surface area (Å²) >= 11 is 3.43. The van der Waals surface area contributed by atoms with E-state index in [2.05, 4.69) is 46.0 Å². The molecular formula is C15H17BrN2. The molecule has 0 radical (unpaired) electrons. The first-order chi connectivity index (χ1) is 8.55. The molecule has 94 valence electrons. The fourth-order valence-corrected chi connectivity index (χ4v) is 2.56. The molecule has 0 fully saturated rings. The Hall–Kier alpha value is -1.19. The molecule has 0 aliphatic carbocycles. The van der Waals surface area contributed by atoms with Crippen LogP contribution in [0.4, 0.5) is 0 Å². The van der Waals surface area contributed by atoms with Crippen LogP contribution in [0.5, 0.6) is 0 Å². The van der Waals surface area contributed by atoms with Crippen molar-refractivity contribution >= 4 is 15.9 Å². The highest BCUT2D eigenvalue weighted by atomic mass is 79.9. The van der Waals surface area contributed by atoms with E-state index in [-0.39, 0.29) is 5.54 Å². The van der Waals surface area contributed by atoms with Crippen LogP contribution < -0.4 is 5.73 Å². The normalized spacial score (nSPS) is 14.2. The van der Waals surface area contributed by atoms with Crippen molar-refractivity contribution in [3.05, 3.63) is 64.4 Å². The van der Waals surface area contributed by atoms with Gasteiger partial charge in [-0.1, -0.05) is 30.3 Å². The minimum atomic E-state index is -0.260. The number of halogens is 1. The van der Waals surface area contributed by atoms with E-state index in [1.165, 1.54) is 5.56 Å². The van der Waals surface area contributed by atoms with Gasteiger partial charge in [-0.2, -0.15) is 0 Å². The monoisotopic (exact) mass is 304 g/mol. The summed E-state index contributed by atoms with van der Waals surface area (Å²) in [5.74, 6) is 0. The molecule has 0 aliphatic rings. The Kier molecular flexibility index (Phi) is 4.15. The van der Waals surface area contributed by atoms with Crippen molar-refractivity contribution in [3.8, 4) is 0 Å². The summed E-state index contributed by atoms with van der Waals surface area (Å²) in [4.78, 5) is 4.17. The molecule has 3 heteroatoms. The first kappa shape index (κ1) is 13.2. The summed E-state index contributed by atoms with van der Waals surface area (Å²) in [6, 6.07) is 12.4. The highest BCUT2D eigenvalue weighted by molar-refractivity contribution is 9.10. The molecule has 2 nitrogen and oxygen atoms in total. The van der Waals surface area contributed by atoms with Gasteiger partial charge in [0.15, 0.2) is 0 Å². The van der Waals surface area contributed by atoms with Crippen molar-refractivity contribution in [2.75, 3.05) is 0 Å². The highest BCUT2D eigenvalue weighted by Crippen LogP contribution is 2.18. The molecular weight excluding hydrogens is 288 g/mol. The summed E-state index contributed by atoms with van der Waals surface area (Å²) in [7, 11) is 0. The number of nitrogens with zero attached hydrogens (tertiary/aromatic N) is 1. The first-order valence-corrected chi connectivity index (χ1v) is 6.77. The van der Waals surface area contributed by atoms with Gasteiger partial charge in [0, 0.05) is 22.4 Å². The van der Waals surface area contributed by atoms with E-state index in [9.17, 15) is 0 Å². The molecule has 0 saturated carbocycles. The number of pyridine rings is 1. The Morgan fingerprint density at radius 1 is 1.11 bits per heavy atom. The molecule has 0 amide bonds. The van der Waals surface area contributed by atoms with E-state index in [1.54, 1.807) is 6.20 Å². The molecule has 1 unspecified atom stereocenters. The van der Waals surface area contributed by atoms with Crippen LogP contribution in [0.2, 0.25) is 0 Å². The van der Waals surface area contributed by atoms with E-state index in [0.29, 0.717) is 0 Å². The fourth-order valence-electron chi connectivity index (χ4n) is 2.14. The average molecular weight is 305 g/mol. The largest absolute Gasteiger partial charge is 0.325 e. The lowest BCUT2D eigenvalue weighted by Gasteiger charge is -2.25. The van der Waals surface area contributed by atoms with Gasteiger partial charge in [-0.3, -0.25) is 4.98 Å². The van der Waals surface area contributed by atoms with Gasteiger partial charge in [-0.15, -0.1) is 0 Å². The maximum atomic E-state index is 6.39. The second-order valence-electron chi connectivity index (χ2n) is 5.00. The van der Waals surface area contributed by atoms with Gasteiger partial charge in [0.05, 0.1) is 0 Å². The SMILES string of the molecule is CC(N)(Cc1ccccc1)Cc1cncc(Br)c1. The maximum absolute atomic E-state index is 6.39. The molecule has 0 bridgehead atoms. The van der Waals surface area contributed by atoms with Crippen molar-refractivity contribution in [3.63, 3.8) is 0 Å². The van der Waals surface area contributed by atoms with Crippen LogP contribution in [0, 0.1) is 0 Å². The minimum Gasteiger partial charge on any atom is -0.325 e. The predicted octanol–water partition coefficient (Wildman–Crippen LogP) is 3.35. The average Bonchev–Trinajstić information content (AvgIpc) is 2.28. The molecule has 18 heavy (non-hydrogen) atoms. The van der Waals surface area contributed by atoms with Crippen molar-refractivity contribution in [1.29, 1.82) is 0 Å². The summed E-state index contributed by atoms with van der Waals surface area (Å²) in [5.41, 5.74) is 8.55. The number of hydrogen-bond donors (Lipinski definition) is 1. The zero-order valence-corrected chi connectivity index (χ0v) is 12.0. The van der Waals surface area contributed by atoms with Gasteiger partial charge in [-0.25, -0.2) is 0 Å². The highest BCUT2D eigenvalue weighted by Gasteiger charge is 2.19. The van der Waals surface area contributed by atoms with Crippen molar-refractivity contribution in [1.82, 2.24) is 4.98 Å². The molecule has 0 saturated heterocycles. The van der Waals surface area contributed by atoms with Crippen LogP contribution in [0.15, 0.2) is 53.3 Å². The lowest BCUT2D eigenvalue weighted by atomic mass is 9.88. The van der Waals surface area contributed by atoms with E-state index in [0.717, 1.165) is 22.9 Å². The second-order valence-corrected chi connectivity index (χ2v) is 5.92. The third kappa shape index (κ3) is 3.93. The van der Waals surface area contributed by atoms with Gasteiger partial charge in [0.2, 0.25) is 0 Å². The number of hydrogen-bond acceptors (Lipinski definition) is 2. The molecule has 2 N–H and O–H groups in total. The van der Waals surface area contributed by atoms with Gasteiger partial charge in [-0.05, 0) is 52.9 Å². The van der Waals surface area contributed by atoms with Crippen molar-refractivity contribution < 1.29 is 0 Å². The van der Waals surface area contributed by atoms with Crippen LogP contribution in [0.25, 0.3) is 0 Å². The van der Waals surface area contributed by atoms with Gasteiger partial charge in [0.25, 0.3) is 0 Å². The summed E-state index contributed by atoms with van der Waals surface area (Å²) < 4.78 is 0.996. The predicted molar refractivity (Wildman–Crippen MR) is 78.4 cm³/mol. The van der Waals surface area contributed by atoms with Crippen LogP contribution in [-0.2, 0) is 12.8 Å². The third-order valence-corrected chi connectivity index (χ3v) is 3.25. The fraction of sp³-hybridized carbons (Fsp3) is 0.267. The smallest absolute Gasteiger partial charge is 0.0410 e. The van der Waals surface area contributed by atoms with E-state index in [1.807, 2.05) is 24.4 Å². The Balaban J connectivity index is 2.07. The quantitative estimate of drug-likeness (QED) is 0.941. The first-order valence-electron chi connectivity index (χ1n) is 5.97. The number of aromatic nitrogens is 1. The van der Waals surface area contributed by atoms with Gasteiger partial charge in [0.1, 0.15) is 0 Å². The van der Waals surface area contributed by atoms with Crippen molar-refractivity contribution in [2.24, 2.45) is 5.73 Å². The lowest BCUT2D eigenvalue weighted by molar-refractivity contribution is 0.462. The Bertz CT molecular complexity index is 509. The van der Waals surface area contributed by atoms with E-state index >= 15 is 0 Å². The molecule has 1 heterocycles. The molecule has 1 aromatic carbocycles. The van der Waals surface area contributed by atoms with E-state index in [4.69, 9.17) is 5.73 Å².